The molecule has 3 N–H and O–H groups in total. The van der Waals surface area contributed by atoms with Gasteiger partial charge in [0.1, 0.15) is 0 Å². The number of hydrogen-bond acceptors (Lipinski definition) is 4. The van der Waals surface area contributed by atoms with Crippen molar-refractivity contribution < 1.29 is 0 Å². The molecule has 1 heterocycles. The van der Waals surface area contributed by atoms with Gasteiger partial charge in [-0.2, -0.15) is 0 Å². The van der Waals surface area contributed by atoms with Crippen LogP contribution in [0.5, 0.6) is 0 Å². The highest BCUT2D eigenvalue weighted by molar-refractivity contribution is 7.09. The van der Waals surface area contributed by atoms with Crippen LogP contribution >= 0.6 is 11.3 Å². The molecule has 1 aliphatic carbocycles. The fraction of sp³-hybridized carbons (Fsp3) is 0.786. The average Bonchev–Trinajstić information content (AvgIpc) is 2.95. The minimum Gasteiger partial charge on any atom is -0.271 e. The molecule has 1 aliphatic rings. The summed E-state index contributed by atoms with van der Waals surface area (Å²) in [6.45, 7) is 6.63. The summed E-state index contributed by atoms with van der Waals surface area (Å²) in [5.74, 6) is 6.45. The smallest absolute Gasteiger partial charge is 0.0944 e. The van der Waals surface area contributed by atoms with E-state index < -0.39 is 0 Å². The van der Waals surface area contributed by atoms with E-state index >= 15 is 0 Å². The summed E-state index contributed by atoms with van der Waals surface area (Å²) in [5, 5.41) is 3.41. The molecule has 1 unspecified atom stereocenters. The van der Waals surface area contributed by atoms with Crippen molar-refractivity contribution >= 4 is 11.3 Å². The second kappa shape index (κ2) is 5.68. The summed E-state index contributed by atoms with van der Waals surface area (Å²) in [4.78, 5) is 4.76. The zero-order chi connectivity index (χ0) is 13.2. The number of hydrazine groups is 1. The molecule has 1 saturated carbocycles. The van der Waals surface area contributed by atoms with E-state index in [2.05, 4.69) is 31.6 Å². The molecule has 4 heteroatoms. The Balaban J connectivity index is 2.01. The molecule has 1 aromatic heterocycles. The Kier molecular flexibility index (Phi) is 4.41. The second-order valence-electron chi connectivity index (χ2n) is 6.40. The quantitative estimate of drug-likeness (QED) is 0.651. The third kappa shape index (κ3) is 3.31. The van der Waals surface area contributed by atoms with Crippen LogP contribution < -0.4 is 11.3 Å². The molecule has 102 valence electrons. The third-order valence-electron chi connectivity index (χ3n) is 3.90. The normalized spacial score (nSPS) is 19.3. The molecule has 1 fully saturated rings. The molecule has 0 aliphatic heterocycles. The Bertz CT molecular complexity index is 375. The van der Waals surface area contributed by atoms with Crippen LogP contribution in [0.15, 0.2) is 5.38 Å². The summed E-state index contributed by atoms with van der Waals surface area (Å²) in [7, 11) is 0. The van der Waals surface area contributed by atoms with Gasteiger partial charge < -0.3 is 0 Å². The molecule has 1 atom stereocenters. The molecule has 3 nitrogen and oxygen atoms in total. The molecule has 0 bridgehead atoms. The van der Waals surface area contributed by atoms with E-state index in [1.807, 2.05) is 0 Å². The van der Waals surface area contributed by atoms with Gasteiger partial charge in [0, 0.05) is 23.3 Å². The van der Waals surface area contributed by atoms with Crippen LogP contribution in [0.1, 0.15) is 57.2 Å². The average molecular weight is 267 g/mol. The van der Waals surface area contributed by atoms with Gasteiger partial charge in [-0.3, -0.25) is 11.3 Å². The van der Waals surface area contributed by atoms with Gasteiger partial charge >= 0.3 is 0 Å². The first-order valence-electron chi connectivity index (χ1n) is 6.91. The summed E-state index contributed by atoms with van der Waals surface area (Å²) in [6, 6.07) is 0.395. The van der Waals surface area contributed by atoms with Gasteiger partial charge in [0.2, 0.25) is 0 Å². The molecule has 0 amide bonds. The minimum absolute atomic E-state index is 0.147. The van der Waals surface area contributed by atoms with Crippen LogP contribution in [0.4, 0.5) is 0 Å². The second-order valence-corrected chi connectivity index (χ2v) is 7.34. The Morgan fingerprint density at radius 1 is 1.44 bits per heavy atom. The Morgan fingerprint density at radius 2 is 2.11 bits per heavy atom. The summed E-state index contributed by atoms with van der Waals surface area (Å²) in [5.41, 5.74) is 4.35. The maximum absolute atomic E-state index is 5.72. The molecular weight excluding hydrogens is 242 g/mol. The van der Waals surface area contributed by atoms with Crippen molar-refractivity contribution in [3.05, 3.63) is 16.1 Å². The zero-order valence-corrected chi connectivity index (χ0v) is 12.5. The van der Waals surface area contributed by atoms with Crippen LogP contribution in [0, 0.1) is 5.92 Å². The zero-order valence-electron chi connectivity index (χ0n) is 11.7. The third-order valence-corrected chi connectivity index (χ3v) is 4.77. The first-order chi connectivity index (χ1) is 8.50. The molecule has 0 saturated heterocycles. The summed E-state index contributed by atoms with van der Waals surface area (Å²) < 4.78 is 0. The van der Waals surface area contributed by atoms with Crippen molar-refractivity contribution in [1.29, 1.82) is 0 Å². The lowest BCUT2D eigenvalue weighted by molar-refractivity contribution is 0.360. The van der Waals surface area contributed by atoms with E-state index in [0.29, 0.717) is 6.04 Å². The van der Waals surface area contributed by atoms with E-state index in [1.54, 1.807) is 11.3 Å². The number of rotatable bonds is 4. The summed E-state index contributed by atoms with van der Waals surface area (Å²) >= 11 is 1.77. The molecule has 0 radical (unpaired) electrons. The largest absolute Gasteiger partial charge is 0.271 e. The standard InChI is InChI=1S/C14H25N3S/c1-14(2,3)12-9-18-13(16-12)8-11(17-15)10-6-4-5-7-10/h9-11,17H,4-8,15H2,1-3H3. The van der Waals surface area contributed by atoms with E-state index in [4.69, 9.17) is 10.8 Å². The van der Waals surface area contributed by atoms with E-state index in [9.17, 15) is 0 Å². The Labute approximate surface area is 114 Å². The number of nitrogens with two attached hydrogens (primary N) is 1. The minimum atomic E-state index is 0.147. The van der Waals surface area contributed by atoms with Gasteiger partial charge in [-0.1, -0.05) is 33.6 Å². The predicted octanol–water partition coefficient (Wildman–Crippen LogP) is 3.01. The molecule has 0 aromatic carbocycles. The highest BCUT2D eigenvalue weighted by Gasteiger charge is 2.26. The van der Waals surface area contributed by atoms with Crippen molar-refractivity contribution in [2.24, 2.45) is 11.8 Å². The number of thiazole rings is 1. The fourth-order valence-electron chi connectivity index (χ4n) is 2.66. The number of nitrogens with one attached hydrogen (secondary N) is 1. The molecule has 1 aromatic rings. The fourth-order valence-corrected chi connectivity index (χ4v) is 3.74. The number of aromatic nitrogens is 1. The Morgan fingerprint density at radius 3 is 2.61 bits per heavy atom. The number of hydrogen-bond donors (Lipinski definition) is 2. The van der Waals surface area contributed by atoms with Gasteiger partial charge in [-0.15, -0.1) is 11.3 Å². The molecule has 0 spiro atoms. The van der Waals surface area contributed by atoms with Crippen molar-refractivity contribution in [2.45, 2.75) is 64.3 Å². The van der Waals surface area contributed by atoms with E-state index in [0.717, 1.165) is 12.3 Å². The lowest BCUT2D eigenvalue weighted by Crippen LogP contribution is -2.41. The lowest BCUT2D eigenvalue weighted by Gasteiger charge is -2.21. The van der Waals surface area contributed by atoms with Gasteiger partial charge in [-0.25, -0.2) is 4.98 Å². The van der Waals surface area contributed by atoms with E-state index in [1.165, 1.54) is 36.4 Å². The van der Waals surface area contributed by atoms with Gasteiger partial charge in [0.25, 0.3) is 0 Å². The maximum atomic E-state index is 5.72. The van der Waals surface area contributed by atoms with E-state index in [-0.39, 0.29) is 5.41 Å². The maximum Gasteiger partial charge on any atom is 0.0944 e. The van der Waals surface area contributed by atoms with Crippen LogP contribution in [0.25, 0.3) is 0 Å². The SMILES string of the molecule is CC(C)(C)c1csc(CC(NN)C2CCCC2)n1. The van der Waals surface area contributed by atoms with Crippen LogP contribution in [0.2, 0.25) is 0 Å². The highest BCUT2D eigenvalue weighted by atomic mass is 32.1. The molecular formula is C14H25N3S. The van der Waals surface area contributed by atoms with Gasteiger partial charge in [-0.05, 0) is 18.8 Å². The molecule has 2 rings (SSSR count). The van der Waals surface area contributed by atoms with Crippen molar-refractivity contribution in [3.8, 4) is 0 Å². The van der Waals surface area contributed by atoms with Crippen LogP contribution in [-0.4, -0.2) is 11.0 Å². The first kappa shape index (κ1) is 14.0. The predicted molar refractivity (Wildman–Crippen MR) is 77.6 cm³/mol. The van der Waals surface area contributed by atoms with Crippen LogP contribution in [0.3, 0.4) is 0 Å². The van der Waals surface area contributed by atoms with Gasteiger partial charge in [0.15, 0.2) is 0 Å². The number of nitrogens with zero attached hydrogens (tertiary/aromatic N) is 1. The monoisotopic (exact) mass is 267 g/mol. The lowest BCUT2D eigenvalue weighted by atomic mass is 9.93. The van der Waals surface area contributed by atoms with Crippen LogP contribution in [-0.2, 0) is 11.8 Å². The van der Waals surface area contributed by atoms with Crippen molar-refractivity contribution in [3.63, 3.8) is 0 Å². The highest BCUT2D eigenvalue weighted by Crippen LogP contribution is 2.30. The first-order valence-corrected chi connectivity index (χ1v) is 7.79. The van der Waals surface area contributed by atoms with Gasteiger partial charge in [0.05, 0.1) is 10.7 Å². The Hall–Kier alpha value is -0.450. The van der Waals surface area contributed by atoms with Crippen molar-refractivity contribution in [1.82, 2.24) is 10.4 Å². The summed E-state index contributed by atoms with van der Waals surface area (Å²) in [6.07, 6.45) is 6.31. The van der Waals surface area contributed by atoms with Crippen molar-refractivity contribution in [2.75, 3.05) is 0 Å². The molecule has 18 heavy (non-hydrogen) atoms. The topological polar surface area (TPSA) is 50.9 Å².